The molecule has 2 saturated carbocycles. The van der Waals surface area contributed by atoms with Crippen molar-refractivity contribution in [3.63, 3.8) is 0 Å². The van der Waals surface area contributed by atoms with E-state index in [1.807, 2.05) is 32.1 Å². The van der Waals surface area contributed by atoms with Crippen molar-refractivity contribution in [2.24, 2.45) is 0 Å². The average molecular weight is 619 g/mol. The van der Waals surface area contributed by atoms with Crippen molar-refractivity contribution < 1.29 is 33.0 Å². The molecule has 32 heavy (non-hydrogen) atoms. The molecule has 2 aliphatic carbocycles. The third kappa shape index (κ3) is 10.1. The molecule has 4 rings (SSSR count). The molecule has 2 fully saturated rings. The minimum Gasteiger partial charge on any atom is 0 e. The third-order valence-corrected chi connectivity index (χ3v) is 7.39. The predicted molar refractivity (Wildman–Crippen MR) is 135 cm³/mol. The fourth-order valence-corrected chi connectivity index (χ4v) is 5.71. The Morgan fingerprint density at radius 3 is 1.50 bits per heavy atom. The Hall–Kier alpha value is 0.592. The molecule has 0 heterocycles. The summed E-state index contributed by atoms with van der Waals surface area (Å²) in [6.45, 7) is 2.28. The Bertz CT molecular complexity index is 656. The zero-order valence-electron chi connectivity index (χ0n) is 18.3. The summed E-state index contributed by atoms with van der Waals surface area (Å²) in [7, 11) is 13.4. The van der Waals surface area contributed by atoms with Gasteiger partial charge in [-0.2, -0.15) is 0 Å². The fourth-order valence-electron chi connectivity index (χ4n) is 3.16. The molecule has 0 bridgehead atoms. The maximum absolute atomic E-state index is 4.81. The molecule has 0 aromatic heterocycles. The van der Waals surface area contributed by atoms with Gasteiger partial charge in [-0.1, -0.05) is 60.7 Å². The van der Waals surface area contributed by atoms with Crippen LogP contribution in [0.15, 0.2) is 60.7 Å². The molecule has 0 unspecified atom stereocenters. The van der Waals surface area contributed by atoms with Crippen LogP contribution in [0.25, 0.3) is 0 Å². The van der Waals surface area contributed by atoms with Gasteiger partial charge in [-0.15, -0.1) is 0 Å². The van der Waals surface area contributed by atoms with E-state index in [0.29, 0.717) is 6.04 Å². The number of halogens is 2. The smallest absolute Gasteiger partial charge is 0 e. The van der Waals surface area contributed by atoms with Gasteiger partial charge in [-0.05, 0) is 90.9 Å². The molecule has 2 aromatic rings. The first-order valence-electron chi connectivity index (χ1n) is 9.91. The molecule has 0 amide bonds. The van der Waals surface area contributed by atoms with Crippen LogP contribution >= 0.6 is 27.0 Å². The van der Waals surface area contributed by atoms with Gasteiger partial charge in [0.2, 0.25) is 0 Å². The predicted octanol–water partition coefficient (Wildman–Crippen LogP) is 6.20. The van der Waals surface area contributed by atoms with Crippen LogP contribution in [0.3, 0.4) is 0 Å². The molecule has 10 radical (unpaired) electrons. The quantitative estimate of drug-likeness (QED) is 0.285. The van der Waals surface area contributed by atoms with Gasteiger partial charge in [0.25, 0.3) is 0 Å². The molecular formula is C26H28Cl2FeNPPd. The van der Waals surface area contributed by atoms with Crippen LogP contribution in [0, 0.1) is 62.9 Å². The maximum atomic E-state index is 4.81. The molecule has 6 heteroatoms. The summed E-state index contributed by atoms with van der Waals surface area (Å²) >= 11 is -0.106. The van der Waals surface area contributed by atoms with Crippen LogP contribution in [-0.4, -0.2) is 25.0 Å². The zero-order chi connectivity index (χ0) is 22.5. The molecule has 2 aliphatic rings. The Kier molecular flexibility index (Phi) is 17.2. The van der Waals surface area contributed by atoms with Crippen molar-refractivity contribution in [3.05, 3.63) is 124 Å². The molecule has 0 saturated heterocycles. The summed E-state index contributed by atoms with van der Waals surface area (Å²) in [4.78, 5) is 2.28. The van der Waals surface area contributed by atoms with E-state index >= 15 is 0 Å². The van der Waals surface area contributed by atoms with Crippen LogP contribution in [0.4, 0.5) is 0 Å². The van der Waals surface area contributed by atoms with Crippen molar-refractivity contribution in [2.45, 2.75) is 13.0 Å². The van der Waals surface area contributed by atoms with Crippen molar-refractivity contribution in [1.29, 1.82) is 0 Å². The number of benzene rings is 2. The molecule has 1 nitrogen and oxygen atoms in total. The second-order valence-electron chi connectivity index (χ2n) is 7.02. The summed E-state index contributed by atoms with van der Waals surface area (Å²) in [5, 5.41) is 2.82. The maximum Gasteiger partial charge on any atom is 0 e. The van der Waals surface area contributed by atoms with Crippen molar-refractivity contribution in [1.82, 2.24) is 4.90 Å². The number of hydrogen-bond donors (Lipinski definition) is 0. The molecule has 2 aromatic carbocycles. The van der Waals surface area contributed by atoms with Gasteiger partial charge < -0.3 is 4.90 Å². The Morgan fingerprint density at radius 2 is 1.12 bits per heavy atom. The van der Waals surface area contributed by atoms with Gasteiger partial charge >= 0.3 is 35.0 Å². The minimum atomic E-state index is -0.514. The summed E-state index contributed by atoms with van der Waals surface area (Å²) in [6.07, 6.45) is 16.8. The molecule has 0 N–H and O–H groups in total. The van der Waals surface area contributed by atoms with E-state index in [9.17, 15) is 0 Å². The van der Waals surface area contributed by atoms with Crippen LogP contribution in [0.1, 0.15) is 6.92 Å². The molecule has 174 valence electrons. The van der Waals surface area contributed by atoms with Gasteiger partial charge in [-0.3, -0.25) is 0 Å². The van der Waals surface area contributed by atoms with E-state index in [-0.39, 0.29) is 33.0 Å². The normalized spacial score (nSPS) is 17.3. The van der Waals surface area contributed by atoms with Crippen LogP contribution in [0.2, 0.25) is 0 Å². The van der Waals surface area contributed by atoms with E-state index < -0.39 is 7.92 Å². The zero-order valence-corrected chi connectivity index (χ0v) is 23.4. The van der Waals surface area contributed by atoms with Crippen LogP contribution < -0.4 is 10.6 Å². The molecule has 1 atom stereocenters. The largest absolute Gasteiger partial charge is 0 e. The number of hydrogen-bond acceptors (Lipinski definition) is 1. The van der Waals surface area contributed by atoms with Crippen molar-refractivity contribution >= 4 is 37.6 Å². The van der Waals surface area contributed by atoms with Gasteiger partial charge in [0, 0.05) is 34.7 Å². The average Bonchev–Trinajstić information content (AvgIpc) is 3.51. The van der Waals surface area contributed by atoms with E-state index in [1.165, 1.54) is 22.2 Å². The monoisotopic (exact) mass is 617 g/mol. The molecule has 0 spiro atoms. The second-order valence-corrected chi connectivity index (χ2v) is 11.6. The van der Waals surface area contributed by atoms with E-state index in [2.05, 4.69) is 106 Å². The van der Waals surface area contributed by atoms with Crippen LogP contribution in [0.5, 0.6) is 0 Å². The van der Waals surface area contributed by atoms with E-state index in [1.54, 1.807) is 0 Å². The topological polar surface area (TPSA) is 3.24 Å². The Morgan fingerprint density at radius 1 is 0.719 bits per heavy atom. The van der Waals surface area contributed by atoms with Crippen LogP contribution in [-0.2, 0) is 33.0 Å². The third-order valence-electron chi connectivity index (χ3n) is 4.88. The summed E-state index contributed by atoms with van der Waals surface area (Å²) in [6, 6.07) is 22.2. The van der Waals surface area contributed by atoms with Gasteiger partial charge in [0.05, 0.1) is 0 Å². The standard InChI is InChI=1S/C21H23NP.C5H5.2ClH.Fe.Pd/c1-17(22(2)3)20-15-10-16-21(20)23(18-11-6-4-7-12-18)19-13-8-5-9-14-19;1-2-4-5-3-1;;;;/h4-17H,1-3H3;1-5H;2*1H;;/q;;;;;+2/p-2/t17-;;;;;/m1...../s1. The number of rotatable bonds is 5. The van der Waals surface area contributed by atoms with E-state index in [0.717, 1.165) is 0 Å². The van der Waals surface area contributed by atoms with Gasteiger partial charge in [0.15, 0.2) is 0 Å². The summed E-state index contributed by atoms with van der Waals surface area (Å²) < 4.78 is 0. The first-order valence-corrected chi connectivity index (χ1v) is 15.3. The van der Waals surface area contributed by atoms with Gasteiger partial charge in [-0.25, -0.2) is 0 Å². The minimum absolute atomic E-state index is 0. The Balaban J connectivity index is 0.000000485. The van der Waals surface area contributed by atoms with E-state index in [4.69, 9.17) is 19.1 Å². The first kappa shape index (κ1) is 30.6. The van der Waals surface area contributed by atoms with Gasteiger partial charge in [0.1, 0.15) is 0 Å². The van der Waals surface area contributed by atoms with Crippen molar-refractivity contribution in [2.75, 3.05) is 14.1 Å². The number of nitrogens with zero attached hydrogens (tertiary/aromatic N) is 1. The summed E-state index contributed by atoms with van der Waals surface area (Å²) in [5.41, 5.74) is 1.47. The SMILES string of the molecule is C[C@H]([C]1[CH][CH][CH][C]1P(c1ccccc1)c1ccccc1)N(C)C.[CH]1[CH][CH][CH][CH]1.[Cl][Pd][Cl].[Fe]. The van der Waals surface area contributed by atoms with Crippen molar-refractivity contribution in [3.8, 4) is 0 Å². The molecule has 0 aliphatic heterocycles. The fraction of sp³-hybridized carbons (Fsp3) is 0.154. The first-order chi connectivity index (χ1) is 15.1. The summed E-state index contributed by atoms with van der Waals surface area (Å²) in [5.74, 6) is 1.44. The molecular weight excluding hydrogens is 590 g/mol. The second kappa shape index (κ2) is 17.9. The Labute approximate surface area is 224 Å².